The molecule has 1 aromatic carbocycles. The van der Waals surface area contributed by atoms with Crippen LogP contribution in [-0.2, 0) is 0 Å². The standard InChI is InChI=1S/C18H12FN3S/c19-14-8-6-13(7-9-14)16-12-15(17-4-3-11-23-17)21-22(16)18-5-1-2-10-20-18/h1-12H. The number of pyridine rings is 1. The van der Waals surface area contributed by atoms with E-state index in [0.29, 0.717) is 0 Å². The Morgan fingerprint density at radius 3 is 2.52 bits per heavy atom. The van der Waals surface area contributed by atoms with Crippen LogP contribution < -0.4 is 0 Å². The van der Waals surface area contributed by atoms with Crippen LogP contribution in [-0.4, -0.2) is 14.8 Å². The molecule has 4 aromatic rings. The number of rotatable bonds is 3. The molecule has 0 amide bonds. The molecule has 3 aromatic heterocycles. The minimum absolute atomic E-state index is 0.254. The number of halogens is 1. The molecule has 3 heterocycles. The van der Waals surface area contributed by atoms with Gasteiger partial charge in [0, 0.05) is 11.8 Å². The second-order valence-electron chi connectivity index (χ2n) is 5.00. The Hall–Kier alpha value is -2.79. The van der Waals surface area contributed by atoms with E-state index >= 15 is 0 Å². The predicted molar refractivity (Wildman–Crippen MR) is 90.1 cm³/mol. The van der Waals surface area contributed by atoms with E-state index < -0.39 is 0 Å². The molecule has 5 heteroatoms. The fourth-order valence-corrected chi connectivity index (χ4v) is 3.09. The number of hydrogen-bond acceptors (Lipinski definition) is 3. The first-order chi connectivity index (χ1) is 11.3. The molecular formula is C18H12FN3S. The van der Waals surface area contributed by atoms with Crippen LogP contribution in [0.25, 0.3) is 27.6 Å². The van der Waals surface area contributed by atoms with Gasteiger partial charge in [0.2, 0.25) is 0 Å². The highest BCUT2D eigenvalue weighted by Gasteiger charge is 2.14. The summed E-state index contributed by atoms with van der Waals surface area (Å²) in [6.07, 6.45) is 1.73. The van der Waals surface area contributed by atoms with Gasteiger partial charge in [0.25, 0.3) is 0 Å². The summed E-state index contributed by atoms with van der Waals surface area (Å²) in [6, 6.07) is 18.1. The van der Waals surface area contributed by atoms with Gasteiger partial charge in [-0.25, -0.2) is 14.1 Å². The monoisotopic (exact) mass is 321 g/mol. The molecule has 0 aliphatic heterocycles. The maximum Gasteiger partial charge on any atom is 0.153 e. The lowest BCUT2D eigenvalue weighted by Crippen LogP contribution is -2.01. The summed E-state index contributed by atoms with van der Waals surface area (Å²) in [7, 11) is 0. The zero-order valence-corrected chi connectivity index (χ0v) is 12.9. The van der Waals surface area contributed by atoms with Crippen LogP contribution in [0.3, 0.4) is 0 Å². The molecule has 3 nitrogen and oxygen atoms in total. The van der Waals surface area contributed by atoms with Crippen molar-refractivity contribution in [3.05, 3.63) is 78.1 Å². The van der Waals surface area contributed by atoms with Crippen LogP contribution in [0.15, 0.2) is 72.2 Å². The van der Waals surface area contributed by atoms with Gasteiger partial charge in [0.1, 0.15) is 11.5 Å². The Kier molecular flexibility index (Phi) is 3.48. The van der Waals surface area contributed by atoms with Gasteiger partial charge in [-0.3, -0.25) is 0 Å². The van der Waals surface area contributed by atoms with Crippen molar-refractivity contribution in [3.8, 4) is 27.6 Å². The van der Waals surface area contributed by atoms with Crippen LogP contribution in [0, 0.1) is 5.82 Å². The third-order valence-electron chi connectivity index (χ3n) is 3.49. The number of hydrogen-bond donors (Lipinski definition) is 0. The maximum absolute atomic E-state index is 13.2. The number of aromatic nitrogens is 3. The average Bonchev–Trinajstić information content (AvgIpc) is 3.26. The first kappa shape index (κ1) is 13.8. The fraction of sp³-hybridized carbons (Fsp3) is 0. The Morgan fingerprint density at radius 1 is 0.957 bits per heavy atom. The Balaban J connectivity index is 1.90. The first-order valence-corrected chi connectivity index (χ1v) is 8.00. The molecule has 0 saturated heterocycles. The van der Waals surface area contributed by atoms with Gasteiger partial charge in [-0.2, -0.15) is 5.10 Å². The summed E-state index contributed by atoms with van der Waals surface area (Å²) >= 11 is 1.63. The minimum Gasteiger partial charge on any atom is -0.237 e. The summed E-state index contributed by atoms with van der Waals surface area (Å²) in [5.74, 6) is 0.478. The normalized spacial score (nSPS) is 10.8. The molecule has 0 aliphatic rings. The zero-order valence-electron chi connectivity index (χ0n) is 12.1. The number of thiophene rings is 1. The summed E-state index contributed by atoms with van der Waals surface area (Å²) in [6.45, 7) is 0. The van der Waals surface area contributed by atoms with Crippen LogP contribution in [0.2, 0.25) is 0 Å². The van der Waals surface area contributed by atoms with E-state index in [9.17, 15) is 4.39 Å². The largest absolute Gasteiger partial charge is 0.237 e. The molecule has 0 unspecified atom stereocenters. The van der Waals surface area contributed by atoms with Gasteiger partial charge in [0.15, 0.2) is 5.82 Å². The highest BCUT2D eigenvalue weighted by atomic mass is 32.1. The lowest BCUT2D eigenvalue weighted by molar-refractivity contribution is 0.628. The molecule has 23 heavy (non-hydrogen) atoms. The van der Waals surface area contributed by atoms with Gasteiger partial charge in [-0.1, -0.05) is 12.1 Å². The zero-order chi connectivity index (χ0) is 15.6. The quantitative estimate of drug-likeness (QED) is 0.542. The van der Waals surface area contributed by atoms with Crippen molar-refractivity contribution in [1.82, 2.24) is 14.8 Å². The predicted octanol–water partition coefficient (Wildman–Crippen LogP) is 4.80. The van der Waals surface area contributed by atoms with E-state index in [1.165, 1.54) is 12.1 Å². The maximum atomic E-state index is 13.2. The fourth-order valence-electron chi connectivity index (χ4n) is 2.41. The highest BCUT2D eigenvalue weighted by Crippen LogP contribution is 2.30. The second-order valence-corrected chi connectivity index (χ2v) is 5.95. The van der Waals surface area contributed by atoms with Crippen molar-refractivity contribution < 1.29 is 4.39 Å². The molecule has 0 N–H and O–H groups in total. The lowest BCUT2D eigenvalue weighted by Gasteiger charge is -2.06. The number of nitrogens with zero attached hydrogens (tertiary/aromatic N) is 3. The van der Waals surface area contributed by atoms with Gasteiger partial charge in [-0.15, -0.1) is 11.3 Å². The van der Waals surface area contributed by atoms with Crippen molar-refractivity contribution in [3.63, 3.8) is 0 Å². The van der Waals surface area contributed by atoms with Crippen LogP contribution in [0.1, 0.15) is 0 Å². The van der Waals surface area contributed by atoms with Gasteiger partial charge < -0.3 is 0 Å². The summed E-state index contributed by atoms with van der Waals surface area (Å²) in [4.78, 5) is 5.46. The Morgan fingerprint density at radius 2 is 1.83 bits per heavy atom. The molecule has 0 aliphatic carbocycles. The summed E-state index contributed by atoms with van der Waals surface area (Å²) in [5, 5.41) is 6.71. The third kappa shape index (κ3) is 2.66. The lowest BCUT2D eigenvalue weighted by atomic mass is 10.1. The van der Waals surface area contributed by atoms with Crippen LogP contribution in [0.4, 0.5) is 4.39 Å². The molecule has 0 bridgehead atoms. The first-order valence-electron chi connectivity index (χ1n) is 7.12. The van der Waals surface area contributed by atoms with Crippen molar-refractivity contribution in [1.29, 1.82) is 0 Å². The van der Waals surface area contributed by atoms with Gasteiger partial charge >= 0.3 is 0 Å². The molecule has 0 radical (unpaired) electrons. The van der Waals surface area contributed by atoms with Crippen molar-refractivity contribution in [2.45, 2.75) is 0 Å². The molecule has 0 fully saturated rings. The van der Waals surface area contributed by atoms with Crippen molar-refractivity contribution in [2.24, 2.45) is 0 Å². The minimum atomic E-state index is -0.254. The van der Waals surface area contributed by atoms with E-state index in [-0.39, 0.29) is 5.82 Å². The molecule has 0 atom stereocenters. The van der Waals surface area contributed by atoms with Gasteiger partial charge in [-0.05, 0) is 53.9 Å². The highest BCUT2D eigenvalue weighted by molar-refractivity contribution is 7.13. The number of benzene rings is 1. The molecule has 0 saturated carbocycles. The van der Waals surface area contributed by atoms with Crippen molar-refractivity contribution >= 4 is 11.3 Å². The second kappa shape index (κ2) is 5.78. The smallest absolute Gasteiger partial charge is 0.153 e. The van der Waals surface area contributed by atoms with Crippen molar-refractivity contribution in [2.75, 3.05) is 0 Å². The summed E-state index contributed by atoms with van der Waals surface area (Å²) < 4.78 is 15.0. The third-order valence-corrected chi connectivity index (χ3v) is 4.38. The molecule has 0 spiro atoms. The Labute approximate surface area is 136 Å². The SMILES string of the molecule is Fc1ccc(-c2cc(-c3cccs3)nn2-c2ccccn2)cc1. The molecule has 4 rings (SSSR count). The van der Waals surface area contributed by atoms with E-state index in [2.05, 4.69) is 4.98 Å². The van der Waals surface area contributed by atoms with E-state index in [1.54, 1.807) is 34.3 Å². The summed E-state index contributed by atoms with van der Waals surface area (Å²) in [5.41, 5.74) is 2.66. The van der Waals surface area contributed by atoms with Crippen LogP contribution >= 0.6 is 11.3 Å². The topological polar surface area (TPSA) is 30.7 Å². The van der Waals surface area contributed by atoms with Crippen LogP contribution in [0.5, 0.6) is 0 Å². The van der Waals surface area contributed by atoms with Gasteiger partial charge in [0.05, 0.1) is 10.6 Å². The molecular weight excluding hydrogens is 309 g/mol. The van der Waals surface area contributed by atoms with E-state index in [4.69, 9.17) is 5.10 Å². The van der Waals surface area contributed by atoms with E-state index in [0.717, 1.165) is 27.6 Å². The average molecular weight is 321 g/mol. The molecule has 112 valence electrons. The van der Waals surface area contributed by atoms with E-state index in [1.807, 2.05) is 41.8 Å². The Bertz CT molecular complexity index is 913.